The van der Waals surface area contributed by atoms with Gasteiger partial charge in [0, 0.05) is 19.3 Å². The zero-order valence-electron chi connectivity index (χ0n) is 18.6. The van der Waals surface area contributed by atoms with Crippen LogP contribution >= 0.6 is 0 Å². The molecule has 5 nitrogen and oxygen atoms in total. The van der Waals surface area contributed by atoms with Crippen molar-refractivity contribution >= 4 is 11.8 Å². The molecule has 0 saturated carbocycles. The third-order valence-corrected chi connectivity index (χ3v) is 5.55. The van der Waals surface area contributed by atoms with E-state index >= 15 is 0 Å². The van der Waals surface area contributed by atoms with Crippen molar-refractivity contribution in [2.45, 2.75) is 64.7 Å². The summed E-state index contributed by atoms with van der Waals surface area (Å²) in [6, 6.07) is 11.4. The van der Waals surface area contributed by atoms with Gasteiger partial charge in [-0.05, 0) is 60.9 Å². The molecule has 0 spiro atoms. The normalized spacial score (nSPS) is 12.3. The Kier molecular flexibility index (Phi) is 8.74. The van der Waals surface area contributed by atoms with Crippen LogP contribution in [0.4, 0.5) is 0 Å². The van der Waals surface area contributed by atoms with Gasteiger partial charge in [0.1, 0.15) is 17.6 Å². The van der Waals surface area contributed by atoms with Crippen molar-refractivity contribution in [3.63, 3.8) is 0 Å². The number of fused-ring (bicyclic) bond motifs is 1. The molecule has 0 saturated heterocycles. The molecule has 1 N–H and O–H groups in total. The summed E-state index contributed by atoms with van der Waals surface area (Å²) >= 11 is 0. The number of aryl methyl sites for hydroxylation is 2. The molecule has 0 fully saturated rings. The lowest BCUT2D eigenvalue weighted by Gasteiger charge is -2.22. The largest absolute Gasteiger partial charge is 0.492 e. The molecular formula is C27H30O5. The maximum atomic E-state index is 12.2. The van der Waals surface area contributed by atoms with Crippen LogP contribution < -0.4 is 9.47 Å². The standard InChI is InChI=1S/C27H30O5/c1-2-9-22-20(13-15-23-24(28)17-19-32-27(22)23)10-5-3-4-8-18-31-25-12-7-6-11-21(25)14-16-26(29)30/h6-7,11-13,15H,2-5,9-10,14,16-17,19H2,1H3,(H,29,30). The number of rotatable bonds is 10. The fraction of sp³-hybridized carbons (Fsp3) is 0.407. The highest BCUT2D eigenvalue weighted by atomic mass is 16.5. The first-order chi connectivity index (χ1) is 15.6. The third-order valence-electron chi connectivity index (χ3n) is 5.55. The van der Waals surface area contributed by atoms with E-state index in [1.807, 2.05) is 30.3 Å². The SMILES string of the molecule is CCCc1c(CCCCC#COc2ccccc2CCC(=O)O)ccc2c1OCCC2=O. The second-order valence-electron chi connectivity index (χ2n) is 7.94. The molecule has 0 bridgehead atoms. The number of carboxylic acid groups (broad SMARTS) is 1. The molecule has 32 heavy (non-hydrogen) atoms. The number of para-hydroxylation sites is 1. The highest BCUT2D eigenvalue weighted by Gasteiger charge is 2.22. The minimum absolute atomic E-state index is 0.0652. The van der Waals surface area contributed by atoms with Crippen molar-refractivity contribution in [2.24, 2.45) is 0 Å². The molecule has 1 aliphatic rings. The smallest absolute Gasteiger partial charge is 0.303 e. The molecule has 0 unspecified atom stereocenters. The molecule has 1 aliphatic heterocycles. The lowest BCUT2D eigenvalue weighted by atomic mass is 9.92. The van der Waals surface area contributed by atoms with E-state index in [9.17, 15) is 9.59 Å². The summed E-state index contributed by atoms with van der Waals surface area (Å²) in [5, 5.41) is 8.87. The lowest BCUT2D eigenvalue weighted by Crippen LogP contribution is -2.17. The van der Waals surface area contributed by atoms with Crippen molar-refractivity contribution < 1.29 is 24.2 Å². The van der Waals surface area contributed by atoms with Gasteiger partial charge in [-0.25, -0.2) is 0 Å². The average molecular weight is 435 g/mol. The molecular weight excluding hydrogens is 404 g/mol. The predicted octanol–water partition coefficient (Wildman–Crippen LogP) is 5.37. The predicted molar refractivity (Wildman–Crippen MR) is 123 cm³/mol. The van der Waals surface area contributed by atoms with Gasteiger partial charge in [0.2, 0.25) is 0 Å². The van der Waals surface area contributed by atoms with E-state index in [1.165, 1.54) is 11.1 Å². The van der Waals surface area contributed by atoms with Crippen LogP contribution in [-0.2, 0) is 24.1 Å². The zero-order valence-corrected chi connectivity index (χ0v) is 18.6. The molecule has 3 rings (SSSR count). The lowest BCUT2D eigenvalue weighted by molar-refractivity contribution is -0.136. The highest BCUT2D eigenvalue weighted by Crippen LogP contribution is 2.33. The van der Waals surface area contributed by atoms with Crippen LogP contribution in [-0.4, -0.2) is 23.5 Å². The molecule has 2 aromatic rings. The van der Waals surface area contributed by atoms with E-state index in [1.54, 1.807) is 0 Å². The maximum absolute atomic E-state index is 12.2. The van der Waals surface area contributed by atoms with Crippen LogP contribution in [0.15, 0.2) is 36.4 Å². The molecule has 0 amide bonds. The Labute approximate surface area is 189 Å². The average Bonchev–Trinajstić information content (AvgIpc) is 2.79. The zero-order chi connectivity index (χ0) is 22.8. The number of carboxylic acids is 1. The summed E-state index contributed by atoms with van der Waals surface area (Å²) in [5.41, 5.74) is 4.03. The number of carbonyl (C=O) groups excluding carboxylic acids is 1. The van der Waals surface area contributed by atoms with E-state index in [2.05, 4.69) is 25.0 Å². The first kappa shape index (κ1) is 23.4. The second kappa shape index (κ2) is 12.0. The van der Waals surface area contributed by atoms with Gasteiger partial charge in [-0.15, -0.1) is 0 Å². The van der Waals surface area contributed by atoms with E-state index in [0.717, 1.165) is 55.4 Å². The number of hydrogen-bond donors (Lipinski definition) is 1. The van der Waals surface area contributed by atoms with Crippen LogP contribution in [0.5, 0.6) is 11.5 Å². The third kappa shape index (κ3) is 6.37. The number of Topliss-reactive ketones (excluding diaryl/α,β-unsaturated/α-hetero) is 1. The Morgan fingerprint density at radius 3 is 2.75 bits per heavy atom. The van der Waals surface area contributed by atoms with Crippen molar-refractivity contribution in [2.75, 3.05) is 6.61 Å². The van der Waals surface area contributed by atoms with Gasteiger partial charge in [-0.3, -0.25) is 9.59 Å². The molecule has 0 aromatic heterocycles. The molecule has 5 heteroatoms. The summed E-state index contributed by atoms with van der Waals surface area (Å²) in [5.74, 6) is 3.82. The Hall–Kier alpha value is -3.26. The first-order valence-electron chi connectivity index (χ1n) is 11.3. The Balaban J connectivity index is 1.51. The minimum Gasteiger partial charge on any atom is -0.492 e. The van der Waals surface area contributed by atoms with Gasteiger partial charge < -0.3 is 14.6 Å². The molecule has 168 valence electrons. The number of ketones is 1. The maximum Gasteiger partial charge on any atom is 0.303 e. The van der Waals surface area contributed by atoms with Gasteiger partial charge in [0.25, 0.3) is 0 Å². The monoisotopic (exact) mass is 434 g/mol. The van der Waals surface area contributed by atoms with Crippen molar-refractivity contribution in [3.05, 3.63) is 58.7 Å². The summed E-state index contributed by atoms with van der Waals surface area (Å²) < 4.78 is 11.4. The van der Waals surface area contributed by atoms with Crippen molar-refractivity contribution in [1.82, 2.24) is 0 Å². The van der Waals surface area contributed by atoms with Gasteiger partial charge in [-0.1, -0.05) is 43.5 Å². The number of hydrogen-bond acceptors (Lipinski definition) is 4. The summed E-state index contributed by atoms with van der Waals surface area (Å²) in [6.45, 7) is 2.62. The van der Waals surface area contributed by atoms with Crippen molar-refractivity contribution in [1.29, 1.82) is 0 Å². The second-order valence-corrected chi connectivity index (χ2v) is 7.94. The number of benzene rings is 2. The highest BCUT2D eigenvalue weighted by molar-refractivity contribution is 6.00. The van der Waals surface area contributed by atoms with E-state index < -0.39 is 5.97 Å². The number of unbranched alkanes of at least 4 members (excludes halogenated alkanes) is 2. The molecule has 1 heterocycles. The van der Waals surface area contributed by atoms with E-state index in [4.69, 9.17) is 14.6 Å². The summed E-state index contributed by atoms with van der Waals surface area (Å²) in [6.07, 6.45) is 9.22. The van der Waals surface area contributed by atoms with Crippen LogP contribution in [0.3, 0.4) is 0 Å². The fourth-order valence-corrected chi connectivity index (χ4v) is 3.91. The van der Waals surface area contributed by atoms with Gasteiger partial charge in [-0.2, -0.15) is 0 Å². The fourth-order valence-electron chi connectivity index (χ4n) is 3.91. The number of carbonyl (C=O) groups is 2. The summed E-state index contributed by atoms with van der Waals surface area (Å²) in [7, 11) is 0. The van der Waals surface area contributed by atoms with E-state index in [-0.39, 0.29) is 12.2 Å². The quantitative estimate of drug-likeness (QED) is 0.402. The Morgan fingerprint density at radius 2 is 1.94 bits per heavy atom. The van der Waals surface area contributed by atoms with Gasteiger partial charge in [0.05, 0.1) is 12.2 Å². The van der Waals surface area contributed by atoms with Crippen LogP contribution in [0.25, 0.3) is 0 Å². The Bertz CT molecular complexity index is 1010. The van der Waals surface area contributed by atoms with Crippen molar-refractivity contribution in [3.8, 4) is 23.5 Å². The van der Waals surface area contributed by atoms with Crippen LogP contribution in [0.1, 0.15) is 72.5 Å². The topological polar surface area (TPSA) is 72.8 Å². The van der Waals surface area contributed by atoms with Gasteiger partial charge >= 0.3 is 5.97 Å². The van der Waals surface area contributed by atoms with Crippen LogP contribution in [0, 0.1) is 12.0 Å². The molecule has 2 aromatic carbocycles. The minimum atomic E-state index is -0.829. The Morgan fingerprint density at radius 1 is 1.09 bits per heavy atom. The van der Waals surface area contributed by atoms with Crippen LogP contribution in [0.2, 0.25) is 0 Å². The van der Waals surface area contributed by atoms with Gasteiger partial charge in [0.15, 0.2) is 5.78 Å². The molecule has 0 aliphatic carbocycles. The first-order valence-corrected chi connectivity index (χ1v) is 11.3. The molecule has 0 atom stereocenters. The van der Waals surface area contributed by atoms with E-state index in [0.29, 0.717) is 25.2 Å². The number of aliphatic carboxylic acids is 1. The molecule has 0 radical (unpaired) electrons. The summed E-state index contributed by atoms with van der Waals surface area (Å²) in [4.78, 5) is 23.0. The number of ether oxygens (including phenoxy) is 2.